The van der Waals surface area contributed by atoms with Gasteiger partial charge < -0.3 is 19.8 Å². The van der Waals surface area contributed by atoms with Crippen LogP contribution in [0, 0.1) is 0 Å². The predicted octanol–water partition coefficient (Wildman–Crippen LogP) is 1.59. The zero-order valence-corrected chi connectivity index (χ0v) is 12.5. The molecule has 1 amide bonds. The second kappa shape index (κ2) is 6.37. The maximum atomic E-state index is 11.8. The molecular formula is C12H12Cl3NO4. The van der Waals surface area contributed by atoms with Crippen molar-refractivity contribution < 1.29 is 19.7 Å². The number of likely N-dealkylation sites (tertiary alicyclic amines) is 1. The normalized spacial score (nSPS) is 22.1. The van der Waals surface area contributed by atoms with Crippen LogP contribution >= 0.6 is 34.8 Å². The van der Waals surface area contributed by atoms with Gasteiger partial charge in [0.15, 0.2) is 6.61 Å². The fraction of sp³-hybridized carbons (Fsp3) is 0.417. The van der Waals surface area contributed by atoms with Crippen LogP contribution in [0.5, 0.6) is 5.75 Å². The molecule has 0 bridgehead atoms. The summed E-state index contributed by atoms with van der Waals surface area (Å²) in [5.41, 5.74) is 0. The van der Waals surface area contributed by atoms with Gasteiger partial charge in [0, 0.05) is 19.2 Å². The van der Waals surface area contributed by atoms with Crippen molar-refractivity contribution in [2.75, 3.05) is 19.7 Å². The number of β-amino-alcohol motifs (C(OH)–C–C–N with tert-alkyl or cyclic N) is 2. The number of rotatable bonds is 3. The second-order valence-corrected chi connectivity index (χ2v) is 5.64. The van der Waals surface area contributed by atoms with Gasteiger partial charge in [0.05, 0.1) is 27.3 Å². The number of amides is 1. The maximum absolute atomic E-state index is 11.8. The molecule has 0 aliphatic carbocycles. The van der Waals surface area contributed by atoms with Gasteiger partial charge in [0.2, 0.25) is 0 Å². The fourth-order valence-electron chi connectivity index (χ4n) is 1.82. The van der Waals surface area contributed by atoms with Gasteiger partial charge in [-0.25, -0.2) is 0 Å². The fourth-order valence-corrected chi connectivity index (χ4v) is 2.41. The van der Waals surface area contributed by atoms with Crippen LogP contribution in [0.15, 0.2) is 12.1 Å². The van der Waals surface area contributed by atoms with Crippen molar-refractivity contribution in [1.29, 1.82) is 0 Å². The first kappa shape index (κ1) is 15.7. The first-order valence-electron chi connectivity index (χ1n) is 5.79. The van der Waals surface area contributed by atoms with Crippen molar-refractivity contribution in [2.24, 2.45) is 0 Å². The monoisotopic (exact) mass is 339 g/mol. The van der Waals surface area contributed by atoms with Crippen molar-refractivity contribution >= 4 is 40.7 Å². The Morgan fingerprint density at radius 3 is 2.30 bits per heavy atom. The Hall–Kier alpha value is -0.720. The van der Waals surface area contributed by atoms with Gasteiger partial charge in [-0.15, -0.1) is 0 Å². The van der Waals surface area contributed by atoms with Crippen molar-refractivity contribution in [3.8, 4) is 5.75 Å². The summed E-state index contributed by atoms with van der Waals surface area (Å²) >= 11 is 17.5. The number of halogens is 3. The molecule has 20 heavy (non-hydrogen) atoms. The summed E-state index contributed by atoms with van der Waals surface area (Å²) in [7, 11) is 0. The zero-order chi connectivity index (χ0) is 14.9. The van der Waals surface area contributed by atoms with E-state index < -0.39 is 12.2 Å². The number of ether oxygens (including phenoxy) is 1. The number of aliphatic hydroxyl groups is 2. The number of benzene rings is 1. The molecule has 5 nitrogen and oxygen atoms in total. The minimum Gasteiger partial charge on any atom is -0.482 e. The highest BCUT2D eigenvalue weighted by Crippen LogP contribution is 2.33. The number of aliphatic hydroxyl groups excluding tert-OH is 2. The van der Waals surface area contributed by atoms with Crippen LogP contribution in [0.1, 0.15) is 0 Å². The molecule has 1 aliphatic heterocycles. The Morgan fingerprint density at radius 1 is 1.15 bits per heavy atom. The first-order chi connectivity index (χ1) is 9.38. The van der Waals surface area contributed by atoms with Crippen molar-refractivity contribution in [3.05, 3.63) is 27.2 Å². The standard InChI is InChI=1S/C12H12Cl3NO4/c13-6-1-8(15)11(2-7(6)14)20-5-12(19)16-3-9(17)10(18)4-16/h1-2,9-10,17-18H,3-5H2. The Kier molecular flexibility index (Phi) is 4.99. The molecule has 2 N–H and O–H groups in total. The van der Waals surface area contributed by atoms with E-state index in [2.05, 4.69) is 0 Å². The Bertz CT molecular complexity index is 516. The molecular weight excluding hydrogens is 328 g/mol. The molecule has 1 heterocycles. The summed E-state index contributed by atoms with van der Waals surface area (Å²) < 4.78 is 5.29. The maximum Gasteiger partial charge on any atom is 0.260 e. The Morgan fingerprint density at radius 2 is 1.70 bits per heavy atom. The number of nitrogens with zero attached hydrogens (tertiary/aromatic N) is 1. The predicted molar refractivity (Wildman–Crippen MR) is 75.6 cm³/mol. The molecule has 8 heteroatoms. The largest absolute Gasteiger partial charge is 0.482 e. The summed E-state index contributed by atoms with van der Waals surface area (Å²) in [4.78, 5) is 13.2. The van der Waals surface area contributed by atoms with Crippen LogP contribution in [0.4, 0.5) is 0 Å². The molecule has 0 spiro atoms. The third-order valence-corrected chi connectivity index (χ3v) is 3.96. The number of carbonyl (C=O) groups is 1. The third kappa shape index (κ3) is 3.48. The van der Waals surface area contributed by atoms with E-state index in [0.29, 0.717) is 5.02 Å². The molecule has 1 aromatic rings. The number of hydrogen-bond acceptors (Lipinski definition) is 4. The van der Waals surface area contributed by atoms with E-state index in [1.54, 1.807) is 0 Å². The minimum absolute atomic E-state index is 0.0818. The molecule has 1 aromatic carbocycles. The van der Waals surface area contributed by atoms with Crippen molar-refractivity contribution in [1.82, 2.24) is 4.90 Å². The molecule has 1 aliphatic rings. The molecule has 0 aromatic heterocycles. The lowest BCUT2D eigenvalue weighted by Gasteiger charge is -2.16. The summed E-state index contributed by atoms with van der Waals surface area (Å²) in [6.45, 7) is -0.103. The molecule has 1 fully saturated rings. The molecule has 0 saturated carbocycles. The molecule has 2 rings (SSSR count). The van der Waals surface area contributed by atoms with E-state index in [0.717, 1.165) is 0 Å². The van der Waals surface area contributed by atoms with Crippen molar-refractivity contribution in [3.63, 3.8) is 0 Å². The highest BCUT2D eigenvalue weighted by atomic mass is 35.5. The smallest absolute Gasteiger partial charge is 0.260 e. The van der Waals surface area contributed by atoms with E-state index in [1.807, 2.05) is 0 Å². The van der Waals surface area contributed by atoms with Gasteiger partial charge in [-0.3, -0.25) is 4.79 Å². The van der Waals surface area contributed by atoms with Crippen LogP contribution in [-0.4, -0.2) is 52.9 Å². The molecule has 0 radical (unpaired) electrons. The first-order valence-corrected chi connectivity index (χ1v) is 6.93. The molecule has 110 valence electrons. The zero-order valence-electron chi connectivity index (χ0n) is 10.2. The SMILES string of the molecule is O=C(COc1cc(Cl)c(Cl)cc1Cl)N1CC(O)C(O)C1. The Balaban J connectivity index is 1.96. The number of hydrogen-bond donors (Lipinski definition) is 2. The van der Waals surface area contributed by atoms with Crippen LogP contribution in [-0.2, 0) is 4.79 Å². The Labute approximate surface area is 130 Å². The average Bonchev–Trinajstić information content (AvgIpc) is 2.72. The summed E-state index contributed by atoms with van der Waals surface area (Å²) in [6, 6.07) is 2.85. The number of carbonyl (C=O) groups excluding carboxylic acids is 1. The van der Waals surface area contributed by atoms with Crippen molar-refractivity contribution in [2.45, 2.75) is 12.2 Å². The van der Waals surface area contributed by atoms with E-state index in [4.69, 9.17) is 39.5 Å². The highest BCUT2D eigenvalue weighted by Gasteiger charge is 2.32. The quantitative estimate of drug-likeness (QED) is 0.820. The van der Waals surface area contributed by atoms with E-state index in [1.165, 1.54) is 17.0 Å². The highest BCUT2D eigenvalue weighted by molar-refractivity contribution is 6.43. The molecule has 2 atom stereocenters. The van der Waals surface area contributed by atoms with E-state index in [-0.39, 0.29) is 41.4 Å². The summed E-state index contributed by atoms with van der Waals surface area (Å²) in [5.74, 6) is -0.113. The van der Waals surface area contributed by atoms with Gasteiger partial charge in [-0.05, 0) is 6.07 Å². The van der Waals surface area contributed by atoms with Crippen LogP contribution in [0.25, 0.3) is 0 Å². The molecule has 1 saturated heterocycles. The average molecular weight is 341 g/mol. The lowest BCUT2D eigenvalue weighted by Crippen LogP contribution is -2.34. The van der Waals surface area contributed by atoms with E-state index >= 15 is 0 Å². The van der Waals surface area contributed by atoms with Gasteiger partial charge >= 0.3 is 0 Å². The summed E-state index contributed by atoms with van der Waals surface area (Å²) in [5, 5.41) is 19.6. The van der Waals surface area contributed by atoms with E-state index in [9.17, 15) is 15.0 Å². The van der Waals surface area contributed by atoms with Gasteiger partial charge in [0.25, 0.3) is 5.91 Å². The lowest BCUT2D eigenvalue weighted by atomic mass is 10.3. The lowest BCUT2D eigenvalue weighted by molar-refractivity contribution is -0.132. The van der Waals surface area contributed by atoms with Crippen LogP contribution in [0.2, 0.25) is 15.1 Å². The topological polar surface area (TPSA) is 70.0 Å². The van der Waals surface area contributed by atoms with Crippen LogP contribution < -0.4 is 4.74 Å². The van der Waals surface area contributed by atoms with Gasteiger partial charge in [-0.1, -0.05) is 34.8 Å². The van der Waals surface area contributed by atoms with Gasteiger partial charge in [0.1, 0.15) is 5.75 Å². The minimum atomic E-state index is -0.924. The summed E-state index contributed by atoms with van der Waals surface area (Å²) in [6.07, 6.45) is -1.85. The second-order valence-electron chi connectivity index (χ2n) is 4.42. The third-order valence-electron chi connectivity index (χ3n) is 2.94. The van der Waals surface area contributed by atoms with Crippen LogP contribution in [0.3, 0.4) is 0 Å². The van der Waals surface area contributed by atoms with Gasteiger partial charge in [-0.2, -0.15) is 0 Å². The molecule has 2 unspecified atom stereocenters.